The number of benzene rings is 1. The molecule has 0 fully saturated rings. The summed E-state index contributed by atoms with van der Waals surface area (Å²) in [5, 5.41) is 11.4. The Balaban J connectivity index is 2.46. The van der Waals surface area contributed by atoms with Crippen molar-refractivity contribution in [2.45, 2.75) is 24.8 Å². The molecule has 0 saturated carbocycles. The van der Waals surface area contributed by atoms with E-state index >= 15 is 0 Å². The summed E-state index contributed by atoms with van der Waals surface area (Å²) in [5.74, 6) is -0.0875. The maximum Gasteiger partial charge on any atom is 0.238 e. The van der Waals surface area contributed by atoms with Crippen LogP contribution in [0, 0.1) is 0 Å². The molecule has 0 saturated heterocycles. The molecule has 1 aliphatic heterocycles. The molecule has 0 bridgehead atoms. The van der Waals surface area contributed by atoms with Gasteiger partial charge in [0.2, 0.25) is 10.0 Å². The lowest BCUT2D eigenvalue weighted by atomic mass is 9.93. The van der Waals surface area contributed by atoms with E-state index in [4.69, 9.17) is 17.4 Å². The van der Waals surface area contributed by atoms with E-state index in [0.717, 1.165) is 5.56 Å². The maximum absolute atomic E-state index is 11.8. The minimum absolute atomic E-state index is 0.0211. The van der Waals surface area contributed by atoms with Gasteiger partial charge in [-0.2, -0.15) is 0 Å². The number of hydrogen-bond donors (Lipinski definition) is 3. The SMILES string of the molecule is CC(=O)C1=C(C)NC(=S)NC1c1ccc(S(N)(=O)=O)cc1. The van der Waals surface area contributed by atoms with Gasteiger partial charge in [0.1, 0.15) is 0 Å². The molecule has 0 aliphatic carbocycles. The van der Waals surface area contributed by atoms with Gasteiger partial charge in [0.05, 0.1) is 10.9 Å². The van der Waals surface area contributed by atoms with Crippen molar-refractivity contribution in [1.29, 1.82) is 0 Å². The van der Waals surface area contributed by atoms with Crippen LogP contribution in [0.3, 0.4) is 0 Å². The first-order chi connectivity index (χ1) is 9.70. The van der Waals surface area contributed by atoms with Crippen LogP contribution in [0.4, 0.5) is 0 Å². The number of ketones is 1. The number of nitrogens with two attached hydrogens (primary N) is 1. The molecule has 1 aromatic carbocycles. The van der Waals surface area contributed by atoms with Crippen LogP contribution in [-0.4, -0.2) is 19.3 Å². The molecule has 1 atom stereocenters. The Morgan fingerprint density at radius 1 is 1.29 bits per heavy atom. The van der Waals surface area contributed by atoms with Crippen molar-refractivity contribution in [1.82, 2.24) is 10.6 Å². The molecular formula is C13H15N3O3S2. The number of allylic oxidation sites excluding steroid dienone is 1. The highest BCUT2D eigenvalue weighted by Gasteiger charge is 2.27. The van der Waals surface area contributed by atoms with E-state index in [1.54, 1.807) is 19.1 Å². The van der Waals surface area contributed by atoms with Gasteiger partial charge in [-0.15, -0.1) is 0 Å². The first-order valence-corrected chi connectivity index (χ1v) is 8.07. The van der Waals surface area contributed by atoms with E-state index in [9.17, 15) is 13.2 Å². The van der Waals surface area contributed by atoms with Crippen LogP contribution in [0.2, 0.25) is 0 Å². The van der Waals surface area contributed by atoms with Gasteiger partial charge in [0.15, 0.2) is 10.9 Å². The van der Waals surface area contributed by atoms with Crippen LogP contribution in [-0.2, 0) is 14.8 Å². The summed E-state index contributed by atoms with van der Waals surface area (Å²) in [5.41, 5.74) is 1.98. The molecule has 2 rings (SSSR count). The fraction of sp³-hybridized carbons (Fsp3) is 0.231. The van der Waals surface area contributed by atoms with Crippen molar-refractivity contribution < 1.29 is 13.2 Å². The molecule has 4 N–H and O–H groups in total. The molecular weight excluding hydrogens is 310 g/mol. The van der Waals surface area contributed by atoms with Crippen LogP contribution in [0.1, 0.15) is 25.5 Å². The van der Waals surface area contributed by atoms with Crippen LogP contribution in [0.25, 0.3) is 0 Å². The van der Waals surface area contributed by atoms with E-state index in [2.05, 4.69) is 10.6 Å². The molecule has 0 aromatic heterocycles. The average molecular weight is 325 g/mol. The van der Waals surface area contributed by atoms with Crippen molar-refractivity contribution in [2.24, 2.45) is 5.14 Å². The summed E-state index contributed by atoms with van der Waals surface area (Å²) in [7, 11) is -3.74. The monoisotopic (exact) mass is 325 g/mol. The number of nitrogens with one attached hydrogen (secondary N) is 2. The molecule has 1 aliphatic rings. The Morgan fingerprint density at radius 2 is 1.86 bits per heavy atom. The van der Waals surface area contributed by atoms with Crippen molar-refractivity contribution in [2.75, 3.05) is 0 Å². The van der Waals surface area contributed by atoms with E-state index in [0.29, 0.717) is 16.4 Å². The zero-order valence-electron chi connectivity index (χ0n) is 11.5. The average Bonchev–Trinajstić information content (AvgIpc) is 2.36. The number of hydrogen-bond acceptors (Lipinski definition) is 4. The molecule has 21 heavy (non-hydrogen) atoms. The van der Waals surface area contributed by atoms with Gasteiger partial charge in [-0.1, -0.05) is 12.1 Å². The molecule has 0 amide bonds. The van der Waals surface area contributed by atoms with Crippen LogP contribution < -0.4 is 15.8 Å². The molecule has 1 unspecified atom stereocenters. The molecule has 0 spiro atoms. The number of Topliss-reactive ketones (excluding diaryl/α,β-unsaturated/α-hetero) is 1. The standard InChI is InChI=1S/C13H15N3O3S2/c1-7-11(8(2)17)12(16-13(20)15-7)9-3-5-10(6-4-9)21(14,18)19/h3-6,12H,1-2H3,(H2,14,18,19)(H2,15,16,20). The number of rotatable bonds is 3. The summed E-state index contributed by atoms with van der Waals surface area (Å²) in [6.45, 7) is 3.25. The number of sulfonamides is 1. The van der Waals surface area contributed by atoms with Gasteiger partial charge >= 0.3 is 0 Å². The topological polar surface area (TPSA) is 101 Å². The Bertz CT molecular complexity index is 736. The van der Waals surface area contributed by atoms with Crippen molar-refractivity contribution in [3.63, 3.8) is 0 Å². The number of carbonyl (C=O) groups is 1. The first-order valence-electron chi connectivity index (χ1n) is 6.12. The highest BCUT2D eigenvalue weighted by Crippen LogP contribution is 2.27. The fourth-order valence-electron chi connectivity index (χ4n) is 2.26. The molecule has 6 nitrogen and oxygen atoms in total. The van der Waals surface area contributed by atoms with Crippen LogP contribution in [0.15, 0.2) is 40.4 Å². The van der Waals surface area contributed by atoms with E-state index < -0.39 is 16.1 Å². The van der Waals surface area contributed by atoms with E-state index in [-0.39, 0.29) is 10.7 Å². The second kappa shape index (κ2) is 5.55. The second-order valence-corrected chi connectivity index (χ2v) is 6.71. The Labute approximate surface area is 128 Å². The van der Waals surface area contributed by atoms with Crippen molar-refractivity contribution >= 4 is 33.1 Å². The van der Waals surface area contributed by atoms with E-state index in [1.165, 1.54) is 19.1 Å². The summed E-state index contributed by atoms with van der Waals surface area (Å²) in [6, 6.07) is 5.63. The van der Waals surface area contributed by atoms with Crippen LogP contribution in [0.5, 0.6) is 0 Å². The summed E-state index contributed by atoms with van der Waals surface area (Å²) in [4.78, 5) is 11.8. The minimum atomic E-state index is -3.74. The molecule has 1 aromatic rings. The minimum Gasteiger partial charge on any atom is -0.351 e. The van der Waals surface area contributed by atoms with Crippen LogP contribution >= 0.6 is 12.2 Å². The fourth-order valence-corrected chi connectivity index (χ4v) is 3.05. The first kappa shape index (κ1) is 15.6. The van der Waals surface area contributed by atoms with Crippen molar-refractivity contribution in [3.8, 4) is 0 Å². The molecule has 112 valence electrons. The predicted molar refractivity (Wildman–Crippen MR) is 82.8 cm³/mol. The Morgan fingerprint density at radius 3 is 2.33 bits per heavy atom. The lowest BCUT2D eigenvalue weighted by Crippen LogP contribution is -2.44. The normalized spacial score (nSPS) is 19.0. The highest BCUT2D eigenvalue weighted by molar-refractivity contribution is 7.89. The highest BCUT2D eigenvalue weighted by atomic mass is 32.2. The van der Waals surface area contributed by atoms with Gasteiger partial charge in [0, 0.05) is 11.3 Å². The second-order valence-electron chi connectivity index (χ2n) is 4.74. The van der Waals surface area contributed by atoms with Gasteiger partial charge in [-0.25, -0.2) is 13.6 Å². The summed E-state index contributed by atoms with van der Waals surface area (Å²) in [6.07, 6.45) is 0. The molecule has 0 radical (unpaired) electrons. The summed E-state index contributed by atoms with van der Waals surface area (Å²) < 4.78 is 22.5. The maximum atomic E-state index is 11.8. The van der Waals surface area contributed by atoms with Gasteiger partial charge < -0.3 is 10.6 Å². The van der Waals surface area contributed by atoms with Gasteiger partial charge in [0.25, 0.3) is 0 Å². The number of thiocarbonyl (C=S) groups is 1. The predicted octanol–water partition coefficient (Wildman–Crippen LogP) is 0.716. The number of carbonyl (C=O) groups excluding carboxylic acids is 1. The third kappa shape index (κ3) is 3.29. The summed E-state index contributed by atoms with van der Waals surface area (Å²) >= 11 is 5.10. The quantitative estimate of drug-likeness (QED) is 0.708. The third-order valence-corrected chi connectivity index (χ3v) is 4.34. The Kier molecular flexibility index (Phi) is 4.13. The molecule has 1 heterocycles. The van der Waals surface area contributed by atoms with Crippen molar-refractivity contribution in [3.05, 3.63) is 41.1 Å². The lowest BCUT2D eigenvalue weighted by molar-refractivity contribution is -0.114. The Hall–Kier alpha value is -1.77. The zero-order valence-corrected chi connectivity index (χ0v) is 13.1. The smallest absolute Gasteiger partial charge is 0.238 e. The van der Waals surface area contributed by atoms with E-state index in [1.807, 2.05) is 0 Å². The lowest BCUT2D eigenvalue weighted by Gasteiger charge is -2.29. The third-order valence-electron chi connectivity index (χ3n) is 3.19. The van der Waals surface area contributed by atoms with Gasteiger partial charge in [-0.3, -0.25) is 4.79 Å². The number of primary sulfonamides is 1. The largest absolute Gasteiger partial charge is 0.351 e. The van der Waals surface area contributed by atoms with Gasteiger partial charge in [-0.05, 0) is 43.8 Å². The molecule has 8 heteroatoms. The zero-order chi connectivity index (χ0) is 15.8.